The third-order valence-electron chi connectivity index (χ3n) is 4.89. The Balaban J connectivity index is 3.11. The molecule has 0 aromatic heterocycles. The van der Waals surface area contributed by atoms with Crippen LogP contribution in [0.25, 0.3) is 0 Å². The van der Waals surface area contributed by atoms with Crippen molar-refractivity contribution in [3.05, 3.63) is 0 Å². The van der Waals surface area contributed by atoms with E-state index in [0.717, 1.165) is 12.3 Å². The molecule has 0 fully saturated rings. The minimum absolute atomic E-state index is 0.0254. The maximum atomic E-state index is 11.4. The second-order valence-electron chi connectivity index (χ2n) is 7.83. The normalized spacial score (nSPS) is 12.5. The molecule has 2 heteroatoms. The van der Waals surface area contributed by atoms with Crippen molar-refractivity contribution in [3.8, 4) is 0 Å². The lowest BCUT2D eigenvalue weighted by Crippen LogP contribution is -2.10. The summed E-state index contributed by atoms with van der Waals surface area (Å²) < 4.78 is 5.14. The summed E-state index contributed by atoms with van der Waals surface area (Å²) in [5, 5.41) is 0. The van der Waals surface area contributed by atoms with Crippen LogP contribution in [0, 0.1) is 5.92 Å². The van der Waals surface area contributed by atoms with Crippen LogP contribution in [0.3, 0.4) is 0 Å². The Morgan fingerprint density at radius 1 is 0.708 bits per heavy atom. The van der Waals surface area contributed by atoms with Crippen LogP contribution in [0.2, 0.25) is 0 Å². The first-order valence-electron chi connectivity index (χ1n) is 10.8. The third-order valence-corrected chi connectivity index (χ3v) is 4.89. The van der Waals surface area contributed by atoms with Gasteiger partial charge >= 0.3 is 5.97 Å². The molecular formula is C22H44O2. The van der Waals surface area contributed by atoms with E-state index in [1.807, 2.05) is 13.8 Å². The highest BCUT2D eigenvalue weighted by atomic mass is 16.5. The van der Waals surface area contributed by atoms with Crippen molar-refractivity contribution in [1.29, 1.82) is 0 Å². The van der Waals surface area contributed by atoms with Gasteiger partial charge in [0.25, 0.3) is 0 Å². The zero-order valence-electron chi connectivity index (χ0n) is 17.1. The highest BCUT2D eigenvalue weighted by Gasteiger charge is 2.04. The molecule has 24 heavy (non-hydrogen) atoms. The Bertz CT molecular complexity index is 273. The van der Waals surface area contributed by atoms with Gasteiger partial charge in [-0.2, -0.15) is 0 Å². The predicted octanol–water partition coefficient (Wildman–Crippen LogP) is 7.45. The molecule has 0 spiro atoms. The molecule has 1 atom stereocenters. The number of rotatable bonds is 17. The number of carbonyl (C=O) groups excluding carboxylic acids is 1. The molecule has 0 amide bonds. The standard InChI is InChI=1S/C22H44O2/c1-5-21(4)18-16-14-12-10-8-6-7-9-11-13-15-17-19-22(23)24-20(2)3/h20-21H,5-19H2,1-4H3. The highest BCUT2D eigenvalue weighted by Crippen LogP contribution is 2.15. The molecule has 144 valence electrons. The molecule has 0 saturated heterocycles. The van der Waals surface area contributed by atoms with Crippen molar-refractivity contribution in [2.24, 2.45) is 5.92 Å². The Hall–Kier alpha value is -0.530. The smallest absolute Gasteiger partial charge is 0.306 e. The molecule has 0 N–H and O–H groups in total. The van der Waals surface area contributed by atoms with E-state index >= 15 is 0 Å². The Morgan fingerprint density at radius 3 is 1.54 bits per heavy atom. The molecule has 0 radical (unpaired) electrons. The van der Waals surface area contributed by atoms with Crippen LogP contribution in [-0.4, -0.2) is 12.1 Å². The molecule has 0 aliphatic rings. The fourth-order valence-corrected chi connectivity index (χ4v) is 3.06. The summed E-state index contributed by atoms with van der Waals surface area (Å²) in [6, 6.07) is 0. The van der Waals surface area contributed by atoms with Gasteiger partial charge in [0.05, 0.1) is 6.10 Å². The van der Waals surface area contributed by atoms with Crippen LogP contribution >= 0.6 is 0 Å². The van der Waals surface area contributed by atoms with E-state index in [0.29, 0.717) is 6.42 Å². The van der Waals surface area contributed by atoms with Crippen LogP contribution in [0.5, 0.6) is 0 Å². The second-order valence-corrected chi connectivity index (χ2v) is 7.83. The van der Waals surface area contributed by atoms with Crippen molar-refractivity contribution in [3.63, 3.8) is 0 Å². The summed E-state index contributed by atoms with van der Waals surface area (Å²) in [5.74, 6) is 0.889. The van der Waals surface area contributed by atoms with Gasteiger partial charge in [-0.1, -0.05) is 97.3 Å². The molecule has 0 aromatic carbocycles. The lowest BCUT2D eigenvalue weighted by Gasteiger charge is -2.07. The van der Waals surface area contributed by atoms with Crippen molar-refractivity contribution in [1.82, 2.24) is 0 Å². The summed E-state index contributed by atoms with van der Waals surface area (Å²) in [6.45, 7) is 8.48. The molecule has 0 heterocycles. The Morgan fingerprint density at radius 2 is 1.12 bits per heavy atom. The van der Waals surface area contributed by atoms with Crippen molar-refractivity contribution < 1.29 is 9.53 Å². The lowest BCUT2D eigenvalue weighted by molar-refractivity contribution is -0.147. The number of esters is 1. The zero-order chi connectivity index (χ0) is 18.0. The fraction of sp³-hybridized carbons (Fsp3) is 0.955. The van der Waals surface area contributed by atoms with Crippen LogP contribution in [0.15, 0.2) is 0 Å². The van der Waals surface area contributed by atoms with Crippen molar-refractivity contribution in [2.45, 2.75) is 130 Å². The summed E-state index contributed by atoms with van der Waals surface area (Å²) in [4.78, 5) is 11.4. The van der Waals surface area contributed by atoms with Gasteiger partial charge in [-0.25, -0.2) is 0 Å². The molecular weight excluding hydrogens is 296 g/mol. The SMILES string of the molecule is CCC(C)CCCCCCCCCCCCCCC(=O)OC(C)C. The van der Waals surface area contributed by atoms with E-state index < -0.39 is 0 Å². The van der Waals surface area contributed by atoms with E-state index in [4.69, 9.17) is 4.74 Å². The highest BCUT2D eigenvalue weighted by molar-refractivity contribution is 5.69. The first-order chi connectivity index (χ1) is 11.6. The van der Waals surface area contributed by atoms with E-state index in [1.165, 1.54) is 83.5 Å². The first-order valence-corrected chi connectivity index (χ1v) is 10.8. The summed E-state index contributed by atoms with van der Waals surface area (Å²) in [7, 11) is 0. The molecule has 0 rings (SSSR count). The third kappa shape index (κ3) is 17.8. The quantitative estimate of drug-likeness (QED) is 0.203. The monoisotopic (exact) mass is 340 g/mol. The molecule has 0 bridgehead atoms. The number of carbonyl (C=O) groups is 1. The predicted molar refractivity (Wildman–Crippen MR) is 105 cm³/mol. The molecule has 0 saturated carbocycles. The molecule has 1 unspecified atom stereocenters. The average Bonchev–Trinajstić information content (AvgIpc) is 2.54. The fourth-order valence-electron chi connectivity index (χ4n) is 3.06. The summed E-state index contributed by atoms with van der Waals surface area (Å²) in [6.07, 6.45) is 19.4. The maximum absolute atomic E-state index is 11.4. The first kappa shape index (κ1) is 23.5. The summed E-state index contributed by atoms with van der Waals surface area (Å²) in [5.41, 5.74) is 0. The van der Waals surface area contributed by atoms with E-state index in [2.05, 4.69) is 13.8 Å². The van der Waals surface area contributed by atoms with Gasteiger partial charge in [0.15, 0.2) is 0 Å². The van der Waals surface area contributed by atoms with Crippen LogP contribution in [0.4, 0.5) is 0 Å². The van der Waals surface area contributed by atoms with Gasteiger partial charge in [-0.3, -0.25) is 4.79 Å². The lowest BCUT2D eigenvalue weighted by atomic mass is 9.99. The minimum Gasteiger partial charge on any atom is -0.463 e. The topological polar surface area (TPSA) is 26.3 Å². The molecule has 0 aromatic rings. The van der Waals surface area contributed by atoms with Gasteiger partial charge in [0.2, 0.25) is 0 Å². The zero-order valence-corrected chi connectivity index (χ0v) is 17.1. The molecule has 2 nitrogen and oxygen atoms in total. The summed E-state index contributed by atoms with van der Waals surface area (Å²) >= 11 is 0. The average molecular weight is 341 g/mol. The Labute approximate surface area is 152 Å². The molecule has 0 aliphatic carbocycles. The Kier molecular flexibility index (Phi) is 16.9. The van der Waals surface area contributed by atoms with Crippen LogP contribution in [-0.2, 0) is 9.53 Å². The van der Waals surface area contributed by atoms with E-state index in [1.54, 1.807) is 0 Å². The van der Waals surface area contributed by atoms with Crippen molar-refractivity contribution in [2.75, 3.05) is 0 Å². The minimum atomic E-state index is -0.0332. The van der Waals surface area contributed by atoms with E-state index in [-0.39, 0.29) is 12.1 Å². The number of hydrogen-bond acceptors (Lipinski definition) is 2. The van der Waals surface area contributed by atoms with Gasteiger partial charge in [0, 0.05) is 6.42 Å². The van der Waals surface area contributed by atoms with Gasteiger partial charge < -0.3 is 4.74 Å². The number of unbranched alkanes of at least 4 members (excludes halogenated alkanes) is 11. The van der Waals surface area contributed by atoms with Gasteiger partial charge in [-0.05, 0) is 26.2 Å². The van der Waals surface area contributed by atoms with Crippen LogP contribution in [0.1, 0.15) is 124 Å². The molecule has 0 aliphatic heterocycles. The number of hydrogen-bond donors (Lipinski definition) is 0. The van der Waals surface area contributed by atoms with Gasteiger partial charge in [0.1, 0.15) is 0 Å². The van der Waals surface area contributed by atoms with Crippen molar-refractivity contribution >= 4 is 5.97 Å². The van der Waals surface area contributed by atoms with E-state index in [9.17, 15) is 4.79 Å². The van der Waals surface area contributed by atoms with Crippen LogP contribution < -0.4 is 0 Å². The van der Waals surface area contributed by atoms with Gasteiger partial charge in [-0.15, -0.1) is 0 Å². The number of ether oxygens (including phenoxy) is 1. The second kappa shape index (κ2) is 17.3. The largest absolute Gasteiger partial charge is 0.463 e. The maximum Gasteiger partial charge on any atom is 0.306 e.